The van der Waals surface area contributed by atoms with Crippen LogP contribution in [-0.4, -0.2) is 49.9 Å². The summed E-state index contributed by atoms with van der Waals surface area (Å²) in [5.74, 6) is -0.342. The predicted octanol–water partition coefficient (Wildman–Crippen LogP) is 16.4. The molecule has 2 atom stereocenters. The van der Waals surface area contributed by atoms with Gasteiger partial charge in [0.15, 0.2) is 0 Å². The Bertz CT molecular complexity index is 1260. The van der Waals surface area contributed by atoms with Gasteiger partial charge >= 0.3 is 13.8 Å². The number of phosphoric ester groups is 1. The summed E-state index contributed by atoms with van der Waals surface area (Å²) in [4.78, 5) is 22.6. The SMILES string of the molecule is CC/C=C\C/C=C\C/C=C\C/C=C\CCCCCCCCCCC(=O)OC(COCCCCCCCCCCC/C=C\C/C=C\C/C=C\CCCCCCC)COP(=O)(O)OCCN. The van der Waals surface area contributed by atoms with E-state index in [0.29, 0.717) is 13.0 Å². The highest BCUT2D eigenvalue weighted by Gasteiger charge is 2.25. The Morgan fingerprint density at radius 2 is 0.875 bits per heavy atom. The van der Waals surface area contributed by atoms with Gasteiger partial charge in [-0.3, -0.25) is 13.8 Å². The number of esters is 1. The van der Waals surface area contributed by atoms with Crippen molar-refractivity contribution in [3.8, 4) is 0 Å². The van der Waals surface area contributed by atoms with Gasteiger partial charge in [0.05, 0.1) is 19.8 Å². The summed E-state index contributed by atoms with van der Waals surface area (Å²) in [5.41, 5.74) is 5.39. The van der Waals surface area contributed by atoms with Gasteiger partial charge in [-0.2, -0.15) is 0 Å². The summed E-state index contributed by atoms with van der Waals surface area (Å²) in [6.45, 7) is 4.78. The van der Waals surface area contributed by atoms with E-state index in [2.05, 4.69) is 98.9 Å². The van der Waals surface area contributed by atoms with E-state index < -0.39 is 13.9 Å². The van der Waals surface area contributed by atoms with Gasteiger partial charge in [0, 0.05) is 19.6 Å². The fraction of sp³-hybridized carbons (Fsp3) is 0.727. The molecule has 0 aliphatic heterocycles. The van der Waals surface area contributed by atoms with Crippen molar-refractivity contribution in [2.24, 2.45) is 5.73 Å². The predicted molar refractivity (Wildman–Crippen MR) is 275 cm³/mol. The molecule has 0 fully saturated rings. The third-order valence-corrected chi connectivity index (χ3v) is 11.8. The third-order valence-electron chi connectivity index (χ3n) is 10.8. The van der Waals surface area contributed by atoms with Crippen molar-refractivity contribution in [1.29, 1.82) is 0 Å². The number of allylic oxidation sites excluding steroid dienone is 14. The number of hydrogen-bond acceptors (Lipinski definition) is 7. The van der Waals surface area contributed by atoms with Gasteiger partial charge in [0.2, 0.25) is 0 Å². The Labute approximate surface area is 394 Å². The van der Waals surface area contributed by atoms with Crippen molar-refractivity contribution in [1.82, 2.24) is 0 Å². The number of carbonyl (C=O) groups is 1. The lowest BCUT2D eigenvalue weighted by Gasteiger charge is -2.20. The lowest BCUT2D eigenvalue weighted by atomic mass is 10.1. The summed E-state index contributed by atoms with van der Waals surface area (Å²) in [5, 5.41) is 0. The van der Waals surface area contributed by atoms with Crippen LogP contribution in [0.15, 0.2) is 85.1 Å². The maximum Gasteiger partial charge on any atom is 0.472 e. The summed E-state index contributed by atoms with van der Waals surface area (Å²) in [7, 11) is -4.29. The van der Waals surface area contributed by atoms with Crippen LogP contribution in [0.2, 0.25) is 0 Å². The van der Waals surface area contributed by atoms with Crippen LogP contribution in [0.5, 0.6) is 0 Å². The zero-order valence-electron chi connectivity index (χ0n) is 41.2. The van der Waals surface area contributed by atoms with E-state index >= 15 is 0 Å². The van der Waals surface area contributed by atoms with Crippen LogP contribution in [0.1, 0.15) is 219 Å². The van der Waals surface area contributed by atoms with Crippen LogP contribution in [0.25, 0.3) is 0 Å². The minimum atomic E-state index is -4.29. The van der Waals surface area contributed by atoms with Gasteiger partial charge in [-0.05, 0) is 89.9 Å². The molecule has 8 nitrogen and oxygen atoms in total. The fourth-order valence-electron chi connectivity index (χ4n) is 7.00. The smallest absolute Gasteiger partial charge is 0.457 e. The minimum absolute atomic E-state index is 0.0938. The highest BCUT2D eigenvalue weighted by molar-refractivity contribution is 7.47. The van der Waals surface area contributed by atoms with Crippen LogP contribution in [-0.2, 0) is 27.9 Å². The Kier molecular flexibility index (Phi) is 49.8. The van der Waals surface area contributed by atoms with E-state index in [-0.39, 0.29) is 32.3 Å². The second kappa shape index (κ2) is 51.7. The number of hydrogen-bond donors (Lipinski definition) is 2. The molecule has 0 amide bonds. The van der Waals surface area contributed by atoms with E-state index in [1.54, 1.807) is 0 Å². The maximum atomic E-state index is 12.7. The van der Waals surface area contributed by atoms with Gasteiger partial charge < -0.3 is 20.1 Å². The number of ether oxygens (including phenoxy) is 2. The molecule has 0 aromatic heterocycles. The number of unbranched alkanes of at least 4 members (excludes halogenated alkanes) is 22. The molecule has 9 heteroatoms. The molecule has 0 rings (SSSR count). The van der Waals surface area contributed by atoms with Crippen molar-refractivity contribution < 1.29 is 32.8 Å². The van der Waals surface area contributed by atoms with Crippen LogP contribution >= 0.6 is 7.82 Å². The average Bonchev–Trinajstić information content (AvgIpc) is 3.29. The first-order valence-electron chi connectivity index (χ1n) is 26.1. The molecular formula is C55H98NO7P. The van der Waals surface area contributed by atoms with E-state index in [9.17, 15) is 14.3 Å². The van der Waals surface area contributed by atoms with Crippen LogP contribution in [0.4, 0.5) is 0 Å². The zero-order chi connectivity index (χ0) is 46.5. The topological polar surface area (TPSA) is 117 Å². The Morgan fingerprint density at radius 3 is 1.31 bits per heavy atom. The average molecular weight is 916 g/mol. The third kappa shape index (κ3) is 50.7. The van der Waals surface area contributed by atoms with Gasteiger partial charge in [0.25, 0.3) is 0 Å². The first-order valence-corrected chi connectivity index (χ1v) is 27.6. The molecule has 0 aliphatic rings. The largest absolute Gasteiger partial charge is 0.472 e. The molecule has 0 bridgehead atoms. The molecule has 370 valence electrons. The Hall–Kier alpha value is -2.32. The highest BCUT2D eigenvalue weighted by Crippen LogP contribution is 2.43. The number of carbonyl (C=O) groups excluding carboxylic acids is 1. The van der Waals surface area contributed by atoms with E-state index in [1.807, 2.05) is 0 Å². The van der Waals surface area contributed by atoms with Crippen molar-refractivity contribution in [3.05, 3.63) is 85.1 Å². The molecule has 0 saturated heterocycles. The maximum absolute atomic E-state index is 12.7. The van der Waals surface area contributed by atoms with Gasteiger partial charge in [0.1, 0.15) is 6.10 Å². The van der Waals surface area contributed by atoms with Crippen molar-refractivity contribution in [2.75, 3.05) is 33.0 Å². The standard InChI is InChI=1S/C55H98NO7P/c1-3-5-7-9-11-13-15-17-19-21-23-25-26-27-29-31-33-35-37-39-41-43-45-47-50-60-52-54(53-62-64(58,59)61-51-49-56)63-55(57)48-46-44-42-40-38-36-34-32-30-28-24-22-20-18-16-14-12-10-8-6-4-2/h6,8,12,14-15,17-18,20-21,23-24,26-28,54H,3-5,7,9-11,13,16,19,22,25,29-53,56H2,1-2H3,(H,58,59)/b8-6-,14-12-,17-15-,20-18-,23-21-,27-26-,28-24-. The molecule has 3 N–H and O–H groups in total. The highest BCUT2D eigenvalue weighted by atomic mass is 31.2. The quantitative estimate of drug-likeness (QED) is 0.0268. The van der Waals surface area contributed by atoms with Crippen LogP contribution in [0.3, 0.4) is 0 Å². The molecule has 0 saturated carbocycles. The second-order valence-corrected chi connectivity index (χ2v) is 18.5. The molecule has 0 aromatic carbocycles. The summed E-state index contributed by atoms with van der Waals surface area (Å²) < 4.78 is 33.6. The number of rotatable bonds is 49. The van der Waals surface area contributed by atoms with Crippen molar-refractivity contribution in [2.45, 2.75) is 225 Å². The fourth-order valence-corrected chi connectivity index (χ4v) is 7.76. The van der Waals surface area contributed by atoms with Gasteiger partial charge in [-0.25, -0.2) is 4.57 Å². The van der Waals surface area contributed by atoms with E-state index in [0.717, 1.165) is 77.0 Å². The van der Waals surface area contributed by atoms with Crippen molar-refractivity contribution in [3.63, 3.8) is 0 Å². The molecule has 0 aliphatic carbocycles. The number of phosphoric acid groups is 1. The second-order valence-electron chi connectivity index (χ2n) is 17.0. The lowest BCUT2D eigenvalue weighted by molar-refractivity contribution is -0.154. The van der Waals surface area contributed by atoms with Gasteiger partial charge in [-0.1, -0.05) is 208 Å². The normalized spacial score (nSPS) is 14.0. The first-order chi connectivity index (χ1) is 31.4. The summed E-state index contributed by atoms with van der Waals surface area (Å²) in [6.07, 6.45) is 67.6. The lowest BCUT2D eigenvalue weighted by Crippen LogP contribution is -2.28. The molecule has 0 aromatic rings. The van der Waals surface area contributed by atoms with E-state index in [1.165, 1.54) is 122 Å². The Balaban J connectivity index is 3.98. The summed E-state index contributed by atoms with van der Waals surface area (Å²) in [6, 6.07) is 0. The van der Waals surface area contributed by atoms with E-state index in [4.69, 9.17) is 24.3 Å². The molecule has 64 heavy (non-hydrogen) atoms. The molecule has 2 unspecified atom stereocenters. The monoisotopic (exact) mass is 916 g/mol. The molecule has 0 heterocycles. The first kappa shape index (κ1) is 61.7. The van der Waals surface area contributed by atoms with Crippen molar-refractivity contribution >= 4 is 13.8 Å². The van der Waals surface area contributed by atoms with Crippen LogP contribution < -0.4 is 5.73 Å². The minimum Gasteiger partial charge on any atom is -0.457 e. The van der Waals surface area contributed by atoms with Gasteiger partial charge in [-0.15, -0.1) is 0 Å². The molecular weight excluding hydrogens is 818 g/mol. The number of nitrogens with two attached hydrogens (primary N) is 1. The Morgan fingerprint density at radius 1 is 0.484 bits per heavy atom. The zero-order valence-corrected chi connectivity index (χ0v) is 42.1. The molecule has 0 spiro atoms. The van der Waals surface area contributed by atoms with Crippen LogP contribution in [0, 0.1) is 0 Å². The summed E-state index contributed by atoms with van der Waals surface area (Å²) >= 11 is 0. The molecule has 0 radical (unpaired) electrons.